The highest BCUT2D eigenvalue weighted by atomic mass is 16.1. The Kier molecular flexibility index (Phi) is 4.10. The Balaban J connectivity index is 1.44. The van der Waals surface area contributed by atoms with Crippen molar-refractivity contribution < 1.29 is 4.79 Å². The number of nitriles is 1. The van der Waals surface area contributed by atoms with E-state index < -0.39 is 0 Å². The third-order valence-corrected chi connectivity index (χ3v) is 5.26. The molecule has 0 bridgehead atoms. The fourth-order valence-electron chi connectivity index (χ4n) is 3.83. The van der Waals surface area contributed by atoms with Crippen LogP contribution < -0.4 is 0 Å². The number of ketones is 1. The molecule has 2 aromatic carbocycles. The van der Waals surface area contributed by atoms with Crippen LogP contribution in [0.1, 0.15) is 33.5 Å². The molecule has 1 aromatic heterocycles. The molecule has 5 nitrogen and oxygen atoms in total. The van der Waals surface area contributed by atoms with Crippen LogP contribution in [0.2, 0.25) is 0 Å². The lowest BCUT2D eigenvalue weighted by molar-refractivity contribution is -0.112. The number of nitrogens with zero attached hydrogens (tertiary/aromatic N) is 4. The van der Waals surface area contributed by atoms with Crippen LogP contribution in [-0.2, 0) is 24.2 Å². The molecule has 0 radical (unpaired) electrons. The Morgan fingerprint density at radius 3 is 2.76 bits per heavy atom. The van der Waals surface area contributed by atoms with Crippen LogP contribution in [0.15, 0.2) is 70.8 Å². The maximum Gasteiger partial charge on any atom is 0.181 e. The van der Waals surface area contributed by atoms with E-state index in [4.69, 9.17) is 5.26 Å². The van der Waals surface area contributed by atoms with Gasteiger partial charge in [-0.25, -0.2) is 9.98 Å². The van der Waals surface area contributed by atoms with Crippen LogP contribution in [0.5, 0.6) is 0 Å². The number of rotatable bonds is 4. The first-order valence-electron chi connectivity index (χ1n) is 9.43. The number of Topliss-reactive ketones (excluding diaryl/α,β-unsaturated/α-hetero) is 1. The van der Waals surface area contributed by atoms with Gasteiger partial charge in [0.2, 0.25) is 0 Å². The predicted octanol–water partition coefficient (Wildman–Crippen LogP) is 3.74. The molecular weight excluding hydrogens is 360 g/mol. The fraction of sp³-hybridized carbons (Fsp3) is 0.125. The Morgan fingerprint density at radius 2 is 1.93 bits per heavy atom. The monoisotopic (exact) mass is 376 g/mol. The van der Waals surface area contributed by atoms with E-state index >= 15 is 0 Å². The van der Waals surface area contributed by atoms with E-state index in [2.05, 4.69) is 27.1 Å². The summed E-state index contributed by atoms with van der Waals surface area (Å²) >= 11 is 0. The first-order chi connectivity index (χ1) is 14.2. The molecule has 29 heavy (non-hydrogen) atoms. The van der Waals surface area contributed by atoms with Gasteiger partial charge in [0.1, 0.15) is 11.8 Å². The molecule has 138 valence electrons. The summed E-state index contributed by atoms with van der Waals surface area (Å²) < 4.78 is 0. The van der Waals surface area contributed by atoms with Gasteiger partial charge in [-0.2, -0.15) is 5.26 Å². The van der Waals surface area contributed by atoms with E-state index in [0.29, 0.717) is 30.8 Å². The lowest BCUT2D eigenvalue weighted by Crippen LogP contribution is -2.16. The summed E-state index contributed by atoms with van der Waals surface area (Å²) in [4.78, 5) is 26.0. The quantitative estimate of drug-likeness (QED) is 0.696. The van der Waals surface area contributed by atoms with Gasteiger partial charge in [0.15, 0.2) is 5.78 Å². The molecule has 0 unspecified atom stereocenters. The van der Waals surface area contributed by atoms with E-state index in [1.807, 2.05) is 42.5 Å². The van der Waals surface area contributed by atoms with Gasteiger partial charge in [0.25, 0.3) is 0 Å². The van der Waals surface area contributed by atoms with Gasteiger partial charge in [0.05, 0.1) is 23.7 Å². The van der Waals surface area contributed by atoms with E-state index in [9.17, 15) is 4.79 Å². The van der Waals surface area contributed by atoms with Crippen molar-refractivity contribution in [2.45, 2.75) is 19.4 Å². The Morgan fingerprint density at radius 1 is 1.07 bits per heavy atom. The van der Waals surface area contributed by atoms with Gasteiger partial charge < -0.3 is 0 Å². The zero-order valence-corrected chi connectivity index (χ0v) is 15.6. The van der Waals surface area contributed by atoms with Gasteiger partial charge in [0, 0.05) is 30.2 Å². The minimum Gasteiger partial charge on any atom is -0.292 e. The topological polar surface area (TPSA) is 78.5 Å². The molecule has 5 rings (SSSR count). The van der Waals surface area contributed by atoms with Crippen LogP contribution >= 0.6 is 0 Å². The number of pyridine rings is 1. The molecule has 0 fully saturated rings. The van der Waals surface area contributed by atoms with Crippen molar-refractivity contribution >= 4 is 22.9 Å². The molecular formula is C24H16N4O. The molecule has 5 heteroatoms. The number of fused-ring (bicyclic) bond motifs is 2. The fourth-order valence-corrected chi connectivity index (χ4v) is 3.83. The zero-order valence-electron chi connectivity index (χ0n) is 15.6. The highest BCUT2D eigenvalue weighted by molar-refractivity contribution is 6.42. The van der Waals surface area contributed by atoms with E-state index in [1.165, 1.54) is 0 Å². The Labute approximate surface area is 168 Å². The first-order valence-corrected chi connectivity index (χ1v) is 9.43. The maximum atomic E-state index is 12.7. The average molecular weight is 376 g/mol. The molecule has 0 saturated carbocycles. The molecule has 0 N–H and O–H groups in total. The zero-order chi connectivity index (χ0) is 19.8. The van der Waals surface area contributed by atoms with Crippen LogP contribution in [0.4, 0.5) is 5.69 Å². The maximum absolute atomic E-state index is 12.7. The molecule has 3 aromatic rings. The van der Waals surface area contributed by atoms with Crippen molar-refractivity contribution in [1.29, 1.82) is 5.26 Å². The number of hydrogen-bond donors (Lipinski definition) is 0. The number of benzene rings is 2. The number of aromatic nitrogens is 1. The predicted molar refractivity (Wildman–Crippen MR) is 111 cm³/mol. The number of carbonyl (C=O) groups is 1. The van der Waals surface area contributed by atoms with Crippen molar-refractivity contribution in [2.75, 3.05) is 0 Å². The van der Waals surface area contributed by atoms with Gasteiger partial charge in [-0.05, 0) is 34.9 Å². The van der Waals surface area contributed by atoms with E-state index in [1.54, 1.807) is 12.3 Å². The Hall–Kier alpha value is -3.91. The molecule has 0 saturated heterocycles. The van der Waals surface area contributed by atoms with E-state index in [0.717, 1.165) is 39.2 Å². The molecule has 0 aliphatic carbocycles. The second-order valence-corrected chi connectivity index (χ2v) is 7.17. The Bertz CT molecular complexity index is 1250. The summed E-state index contributed by atoms with van der Waals surface area (Å²) in [6.45, 7) is 0.593. The molecule has 0 amide bonds. The van der Waals surface area contributed by atoms with Gasteiger partial charge in [-0.3, -0.25) is 9.79 Å². The lowest BCUT2D eigenvalue weighted by atomic mass is 9.96. The highest BCUT2D eigenvalue weighted by Gasteiger charge is 2.26. The van der Waals surface area contributed by atoms with Crippen LogP contribution in [-0.4, -0.2) is 22.2 Å². The van der Waals surface area contributed by atoms with Crippen LogP contribution in [0.3, 0.4) is 0 Å². The van der Waals surface area contributed by atoms with Gasteiger partial charge in [-0.15, -0.1) is 0 Å². The van der Waals surface area contributed by atoms with Crippen molar-refractivity contribution in [3.63, 3.8) is 0 Å². The lowest BCUT2D eigenvalue weighted by Gasteiger charge is -2.06. The SMILES string of the molecule is N#Cc1cc(C2=NCc3cc4c(cc32)N=C(C(=O)Cc2ccccc2)C4)ccn1. The normalized spacial score (nSPS) is 13.9. The molecule has 3 heterocycles. The number of carbonyl (C=O) groups excluding carboxylic acids is 1. The van der Waals surface area contributed by atoms with Crippen molar-refractivity contribution in [3.8, 4) is 6.07 Å². The summed E-state index contributed by atoms with van der Waals surface area (Å²) in [6.07, 6.45) is 2.56. The molecule has 2 aliphatic heterocycles. The van der Waals surface area contributed by atoms with Gasteiger partial charge in [-0.1, -0.05) is 36.4 Å². The third kappa shape index (κ3) is 3.15. The number of hydrogen-bond acceptors (Lipinski definition) is 5. The second-order valence-electron chi connectivity index (χ2n) is 7.17. The summed E-state index contributed by atoms with van der Waals surface area (Å²) in [5.74, 6) is 0.0641. The second kappa shape index (κ2) is 6.92. The minimum atomic E-state index is 0.0641. The number of aliphatic imine (C=N–C) groups is 2. The minimum absolute atomic E-state index is 0.0641. The van der Waals surface area contributed by atoms with Crippen molar-refractivity contribution in [2.24, 2.45) is 9.98 Å². The van der Waals surface area contributed by atoms with Crippen LogP contribution in [0, 0.1) is 11.3 Å². The summed E-state index contributed by atoms with van der Waals surface area (Å²) in [5, 5.41) is 9.11. The van der Waals surface area contributed by atoms with Crippen LogP contribution in [0.25, 0.3) is 0 Å². The summed E-state index contributed by atoms with van der Waals surface area (Å²) in [7, 11) is 0. The van der Waals surface area contributed by atoms with Crippen molar-refractivity contribution in [3.05, 3.63) is 94.3 Å². The smallest absolute Gasteiger partial charge is 0.181 e. The third-order valence-electron chi connectivity index (χ3n) is 5.26. The average Bonchev–Trinajstić information content (AvgIpc) is 3.36. The highest BCUT2D eigenvalue weighted by Crippen LogP contribution is 2.34. The van der Waals surface area contributed by atoms with Gasteiger partial charge >= 0.3 is 0 Å². The van der Waals surface area contributed by atoms with Crippen molar-refractivity contribution in [1.82, 2.24) is 4.98 Å². The molecule has 0 spiro atoms. The molecule has 0 atom stereocenters. The summed E-state index contributed by atoms with van der Waals surface area (Å²) in [5.41, 5.74) is 7.75. The first kappa shape index (κ1) is 17.2. The standard InChI is InChI=1S/C24H16N4O/c25-13-19-10-16(6-7-26-19)24-20-12-21-17(9-18(20)14-27-24)11-22(28-21)23(29)8-15-4-2-1-3-5-15/h1-7,9-10,12H,8,11,14H2. The largest absolute Gasteiger partial charge is 0.292 e. The van der Waals surface area contributed by atoms with E-state index in [-0.39, 0.29) is 5.78 Å². The molecule has 2 aliphatic rings. The summed E-state index contributed by atoms with van der Waals surface area (Å²) in [6, 6.07) is 19.6.